The van der Waals surface area contributed by atoms with Gasteiger partial charge in [-0.1, -0.05) is 28.4 Å². The minimum Gasteiger partial charge on any atom is -0.333 e. The van der Waals surface area contributed by atoms with Crippen LogP contribution in [0.15, 0.2) is 29.0 Å². The van der Waals surface area contributed by atoms with Crippen LogP contribution in [-0.4, -0.2) is 25.3 Å². The van der Waals surface area contributed by atoms with Gasteiger partial charge in [-0.3, -0.25) is 5.10 Å². The molecule has 1 N–H and O–H groups in total. The molecule has 0 fully saturated rings. The molecule has 0 radical (unpaired) electrons. The van der Waals surface area contributed by atoms with Crippen LogP contribution < -0.4 is 0 Å². The Hall–Kier alpha value is -1.92. The van der Waals surface area contributed by atoms with Crippen molar-refractivity contribution in [3.63, 3.8) is 0 Å². The van der Waals surface area contributed by atoms with Gasteiger partial charge in [0.15, 0.2) is 5.82 Å². The number of rotatable bonds is 2. The third-order valence-electron chi connectivity index (χ3n) is 2.21. The molecule has 0 aliphatic heterocycles. The average molecular weight is 282 g/mol. The van der Waals surface area contributed by atoms with Crippen LogP contribution in [0.4, 0.5) is 0 Å². The molecular formula is C10H5Cl2N5O. The third kappa shape index (κ3) is 1.96. The molecule has 0 unspecified atom stereocenters. The van der Waals surface area contributed by atoms with Crippen LogP contribution in [0.3, 0.4) is 0 Å². The second-order valence-electron chi connectivity index (χ2n) is 3.38. The fourth-order valence-electron chi connectivity index (χ4n) is 1.41. The van der Waals surface area contributed by atoms with Crippen molar-refractivity contribution in [2.24, 2.45) is 0 Å². The lowest BCUT2D eigenvalue weighted by Gasteiger charge is -1.97. The highest BCUT2D eigenvalue weighted by atomic mass is 35.5. The predicted octanol–water partition coefficient (Wildman–Crippen LogP) is 2.83. The molecule has 18 heavy (non-hydrogen) atoms. The highest BCUT2D eigenvalue weighted by molar-refractivity contribution is 6.36. The number of halogens is 2. The monoisotopic (exact) mass is 281 g/mol. The molecule has 2 aromatic heterocycles. The maximum Gasteiger partial charge on any atom is 0.259 e. The summed E-state index contributed by atoms with van der Waals surface area (Å²) in [6.07, 6.45) is 1.36. The molecule has 0 spiro atoms. The zero-order valence-electron chi connectivity index (χ0n) is 8.76. The second-order valence-corrected chi connectivity index (χ2v) is 4.23. The van der Waals surface area contributed by atoms with Crippen LogP contribution in [0.1, 0.15) is 0 Å². The number of aromatic nitrogens is 5. The quantitative estimate of drug-likeness (QED) is 0.781. The SMILES string of the molecule is Clc1ccc(-c2nc(-c3ncn[nH]3)no2)c(Cl)c1. The molecule has 0 saturated heterocycles. The van der Waals surface area contributed by atoms with Gasteiger partial charge in [0.25, 0.3) is 5.89 Å². The summed E-state index contributed by atoms with van der Waals surface area (Å²) >= 11 is 11.9. The van der Waals surface area contributed by atoms with Crippen LogP contribution in [-0.2, 0) is 0 Å². The Morgan fingerprint density at radius 3 is 2.83 bits per heavy atom. The summed E-state index contributed by atoms with van der Waals surface area (Å²) in [5, 5.41) is 11.1. The van der Waals surface area contributed by atoms with Crippen LogP contribution >= 0.6 is 23.2 Å². The van der Waals surface area contributed by atoms with Crippen molar-refractivity contribution in [3.05, 3.63) is 34.6 Å². The Morgan fingerprint density at radius 2 is 2.11 bits per heavy atom. The van der Waals surface area contributed by atoms with Crippen molar-refractivity contribution in [1.29, 1.82) is 0 Å². The molecule has 6 nitrogen and oxygen atoms in total. The Labute approximate surface area is 111 Å². The fourth-order valence-corrected chi connectivity index (χ4v) is 1.89. The lowest BCUT2D eigenvalue weighted by molar-refractivity contribution is 0.432. The van der Waals surface area contributed by atoms with Gasteiger partial charge >= 0.3 is 0 Å². The number of benzene rings is 1. The van der Waals surface area contributed by atoms with Gasteiger partial charge in [0, 0.05) is 5.02 Å². The molecule has 0 amide bonds. The molecule has 0 aliphatic carbocycles. The van der Waals surface area contributed by atoms with E-state index in [1.807, 2.05) is 0 Å². The van der Waals surface area contributed by atoms with Crippen LogP contribution in [0.25, 0.3) is 23.1 Å². The standard InChI is InChI=1S/C10H5Cl2N5O/c11-5-1-2-6(7(12)3-5)10-15-9(17-18-10)8-13-4-14-16-8/h1-4H,(H,13,14,16). The van der Waals surface area contributed by atoms with Crippen LogP contribution in [0.2, 0.25) is 10.0 Å². The summed E-state index contributed by atoms with van der Waals surface area (Å²) in [4.78, 5) is 8.10. The molecule has 0 bridgehead atoms. The van der Waals surface area contributed by atoms with Crippen molar-refractivity contribution in [2.45, 2.75) is 0 Å². The fraction of sp³-hybridized carbons (Fsp3) is 0. The third-order valence-corrected chi connectivity index (χ3v) is 2.76. The molecule has 90 valence electrons. The van der Waals surface area contributed by atoms with Crippen molar-refractivity contribution in [3.8, 4) is 23.1 Å². The van der Waals surface area contributed by atoms with E-state index in [0.29, 0.717) is 33.1 Å². The van der Waals surface area contributed by atoms with Gasteiger partial charge in [0.1, 0.15) is 6.33 Å². The molecule has 0 atom stereocenters. The van der Waals surface area contributed by atoms with Gasteiger partial charge in [-0.15, -0.1) is 0 Å². The van der Waals surface area contributed by atoms with E-state index in [9.17, 15) is 0 Å². The largest absolute Gasteiger partial charge is 0.333 e. The molecule has 3 rings (SSSR count). The Balaban J connectivity index is 2.03. The topological polar surface area (TPSA) is 80.5 Å². The Bertz CT molecular complexity index is 679. The average Bonchev–Trinajstić information content (AvgIpc) is 2.99. The first-order chi connectivity index (χ1) is 8.74. The maximum atomic E-state index is 6.05. The number of H-pyrrole nitrogens is 1. The van der Waals surface area contributed by atoms with Gasteiger partial charge in [-0.05, 0) is 18.2 Å². The van der Waals surface area contributed by atoms with Crippen LogP contribution in [0, 0.1) is 0 Å². The van der Waals surface area contributed by atoms with E-state index in [2.05, 4.69) is 25.3 Å². The molecule has 0 saturated carbocycles. The number of hydrogen-bond acceptors (Lipinski definition) is 5. The summed E-state index contributed by atoms with van der Waals surface area (Å²) in [6, 6.07) is 5.01. The summed E-state index contributed by atoms with van der Waals surface area (Å²) in [5.41, 5.74) is 0.610. The minimum atomic E-state index is 0.295. The Morgan fingerprint density at radius 1 is 1.22 bits per heavy atom. The van der Waals surface area contributed by atoms with Gasteiger partial charge in [0.2, 0.25) is 5.82 Å². The van der Waals surface area contributed by atoms with E-state index in [4.69, 9.17) is 27.7 Å². The number of nitrogens with one attached hydrogen (secondary N) is 1. The zero-order chi connectivity index (χ0) is 12.5. The van der Waals surface area contributed by atoms with Gasteiger partial charge in [-0.25, -0.2) is 4.98 Å². The normalized spacial score (nSPS) is 10.8. The van der Waals surface area contributed by atoms with Crippen molar-refractivity contribution >= 4 is 23.2 Å². The first-order valence-corrected chi connectivity index (χ1v) is 5.64. The van der Waals surface area contributed by atoms with Crippen molar-refractivity contribution in [1.82, 2.24) is 25.3 Å². The van der Waals surface area contributed by atoms with E-state index in [1.165, 1.54) is 6.33 Å². The Kier molecular flexibility index (Phi) is 2.73. The van der Waals surface area contributed by atoms with Gasteiger partial charge in [0.05, 0.1) is 10.6 Å². The zero-order valence-corrected chi connectivity index (χ0v) is 10.3. The number of nitrogens with zero attached hydrogens (tertiary/aromatic N) is 4. The lowest BCUT2D eigenvalue weighted by Crippen LogP contribution is -1.84. The van der Waals surface area contributed by atoms with Gasteiger partial charge in [-0.2, -0.15) is 10.1 Å². The van der Waals surface area contributed by atoms with E-state index >= 15 is 0 Å². The minimum absolute atomic E-state index is 0.295. The number of hydrogen-bond donors (Lipinski definition) is 1. The van der Waals surface area contributed by atoms with E-state index in [1.54, 1.807) is 18.2 Å². The van der Waals surface area contributed by atoms with E-state index in [-0.39, 0.29) is 0 Å². The van der Waals surface area contributed by atoms with E-state index < -0.39 is 0 Å². The van der Waals surface area contributed by atoms with E-state index in [0.717, 1.165) is 0 Å². The molecule has 8 heteroatoms. The van der Waals surface area contributed by atoms with Crippen LogP contribution in [0.5, 0.6) is 0 Å². The molecule has 0 aliphatic rings. The van der Waals surface area contributed by atoms with Gasteiger partial charge < -0.3 is 4.52 Å². The lowest BCUT2D eigenvalue weighted by atomic mass is 10.2. The highest BCUT2D eigenvalue weighted by Gasteiger charge is 2.14. The molecule has 3 aromatic rings. The summed E-state index contributed by atoms with van der Waals surface area (Å²) in [7, 11) is 0. The molecule has 1 aromatic carbocycles. The summed E-state index contributed by atoms with van der Waals surface area (Å²) in [6.45, 7) is 0. The van der Waals surface area contributed by atoms with Crippen molar-refractivity contribution < 1.29 is 4.52 Å². The summed E-state index contributed by atoms with van der Waals surface area (Å²) < 4.78 is 5.12. The predicted molar refractivity (Wildman–Crippen MR) is 65.1 cm³/mol. The first kappa shape index (κ1) is 11.2. The molecular weight excluding hydrogens is 277 g/mol. The van der Waals surface area contributed by atoms with Crippen molar-refractivity contribution in [2.75, 3.05) is 0 Å². The highest BCUT2D eigenvalue weighted by Crippen LogP contribution is 2.29. The number of aromatic amines is 1. The maximum absolute atomic E-state index is 6.05. The first-order valence-electron chi connectivity index (χ1n) is 4.89. The summed E-state index contributed by atoms with van der Waals surface area (Å²) in [5.74, 6) is 1.03. The molecule has 2 heterocycles. The second kappa shape index (κ2) is 4.40. The smallest absolute Gasteiger partial charge is 0.259 e.